The maximum absolute atomic E-state index is 13.1. The molecule has 1 amide bonds. The van der Waals surface area contributed by atoms with E-state index in [2.05, 4.69) is 9.97 Å². The molecule has 0 bridgehead atoms. The monoisotopic (exact) mass is 337 g/mol. The van der Waals surface area contributed by atoms with E-state index in [0.29, 0.717) is 31.0 Å². The van der Waals surface area contributed by atoms with Gasteiger partial charge in [0, 0.05) is 18.1 Å². The van der Waals surface area contributed by atoms with Gasteiger partial charge in [-0.3, -0.25) is 4.79 Å². The molecule has 1 aliphatic heterocycles. The smallest absolute Gasteiger partial charge is 0.272 e. The topological polar surface area (TPSA) is 55.3 Å². The van der Waals surface area contributed by atoms with Crippen LogP contribution in [0.3, 0.4) is 0 Å². The van der Waals surface area contributed by atoms with Crippen LogP contribution in [0.4, 0.5) is 4.39 Å². The van der Waals surface area contributed by atoms with Crippen molar-refractivity contribution in [2.24, 2.45) is 0 Å². The Morgan fingerprint density at radius 2 is 2.00 bits per heavy atom. The van der Waals surface area contributed by atoms with E-state index in [-0.39, 0.29) is 17.8 Å². The molecule has 2 aromatic heterocycles. The van der Waals surface area contributed by atoms with Gasteiger partial charge in [-0.1, -0.05) is 12.1 Å². The first kappa shape index (κ1) is 15.7. The molecule has 25 heavy (non-hydrogen) atoms. The lowest BCUT2D eigenvalue weighted by Crippen LogP contribution is -2.42. The standard InChI is InChI=1S/C19H16FN3O2/c20-15-6-3-13(4-7-15)17-12-23(10-11-25-17)19(24)16-8-5-14-2-1-9-21-18(14)22-16/h1-9,17H,10-12H2/t17-/m1/s1. The van der Waals surface area contributed by atoms with Crippen molar-refractivity contribution < 1.29 is 13.9 Å². The molecular formula is C19H16FN3O2. The fourth-order valence-corrected chi connectivity index (χ4v) is 2.95. The van der Waals surface area contributed by atoms with E-state index in [1.807, 2.05) is 18.2 Å². The number of rotatable bonds is 2. The molecule has 3 aromatic rings. The van der Waals surface area contributed by atoms with Crippen LogP contribution in [-0.4, -0.2) is 40.5 Å². The minimum Gasteiger partial charge on any atom is -0.370 e. The molecule has 1 aromatic carbocycles. The van der Waals surface area contributed by atoms with E-state index in [4.69, 9.17) is 4.74 Å². The molecule has 3 heterocycles. The summed E-state index contributed by atoms with van der Waals surface area (Å²) in [5.74, 6) is -0.441. The molecule has 5 nitrogen and oxygen atoms in total. The number of carbonyl (C=O) groups is 1. The van der Waals surface area contributed by atoms with Gasteiger partial charge in [0.05, 0.1) is 13.2 Å². The summed E-state index contributed by atoms with van der Waals surface area (Å²) in [6.07, 6.45) is 1.39. The number of hydrogen-bond acceptors (Lipinski definition) is 4. The molecule has 1 fully saturated rings. The average Bonchev–Trinajstić information content (AvgIpc) is 2.68. The molecule has 0 saturated carbocycles. The van der Waals surface area contributed by atoms with Gasteiger partial charge in [-0.25, -0.2) is 14.4 Å². The molecule has 4 rings (SSSR count). The highest BCUT2D eigenvalue weighted by atomic mass is 19.1. The van der Waals surface area contributed by atoms with E-state index in [0.717, 1.165) is 10.9 Å². The highest BCUT2D eigenvalue weighted by Crippen LogP contribution is 2.23. The van der Waals surface area contributed by atoms with E-state index in [1.54, 1.807) is 29.3 Å². The zero-order valence-electron chi connectivity index (χ0n) is 13.4. The second-order valence-electron chi connectivity index (χ2n) is 5.91. The Bertz CT molecular complexity index is 914. The van der Waals surface area contributed by atoms with Gasteiger partial charge in [-0.2, -0.15) is 0 Å². The van der Waals surface area contributed by atoms with Crippen LogP contribution < -0.4 is 0 Å². The Kier molecular flexibility index (Phi) is 4.11. The van der Waals surface area contributed by atoms with Crippen molar-refractivity contribution in [1.82, 2.24) is 14.9 Å². The van der Waals surface area contributed by atoms with Crippen molar-refractivity contribution in [3.63, 3.8) is 0 Å². The number of amides is 1. The predicted molar refractivity (Wildman–Crippen MR) is 90.5 cm³/mol. The number of ether oxygens (including phenoxy) is 1. The van der Waals surface area contributed by atoms with Crippen LogP contribution in [-0.2, 0) is 4.74 Å². The third-order valence-corrected chi connectivity index (χ3v) is 4.28. The Hall–Kier alpha value is -2.86. The highest BCUT2D eigenvalue weighted by Gasteiger charge is 2.27. The quantitative estimate of drug-likeness (QED) is 0.721. The second kappa shape index (κ2) is 6.57. The summed E-state index contributed by atoms with van der Waals surface area (Å²) in [6, 6.07) is 13.5. The van der Waals surface area contributed by atoms with Gasteiger partial charge in [0.1, 0.15) is 17.6 Å². The molecule has 0 N–H and O–H groups in total. The first-order valence-electron chi connectivity index (χ1n) is 8.09. The highest BCUT2D eigenvalue weighted by molar-refractivity contribution is 5.94. The third kappa shape index (κ3) is 3.21. The number of fused-ring (bicyclic) bond motifs is 1. The fraction of sp³-hybridized carbons (Fsp3) is 0.211. The number of benzene rings is 1. The molecule has 0 aliphatic carbocycles. The summed E-state index contributed by atoms with van der Waals surface area (Å²) in [5, 5.41) is 0.894. The van der Waals surface area contributed by atoms with Gasteiger partial charge < -0.3 is 9.64 Å². The van der Waals surface area contributed by atoms with Crippen molar-refractivity contribution in [2.45, 2.75) is 6.10 Å². The number of morpholine rings is 1. The normalized spacial score (nSPS) is 17.6. The van der Waals surface area contributed by atoms with Crippen LogP contribution in [0.15, 0.2) is 54.7 Å². The molecule has 0 unspecified atom stereocenters. The minimum atomic E-state index is -0.291. The summed E-state index contributed by atoms with van der Waals surface area (Å²) in [4.78, 5) is 23.1. The molecule has 126 valence electrons. The molecule has 0 spiro atoms. The largest absolute Gasteiger partial charge is 0.370 e. The molecule has 1 atom stereocenters. The Morgan fingerprint density at radius 3 is 2.84 bits per heavy atom. The number of hydrogen-bond donors (Lipinski definition) is 0. The summed E-state index contributed by atoms with van der Waals surface area (Å²) < 4.78 is 18.8. The zero-order valence-corrected chi connectivity index (χ0v) is 13.4. The van der Waals surface area contributed by atoms with E-state index in [1.165, 1.54) is 12.1 Å². The zero-order chi connectivity index (χ0) is 17.2. The third-order valence-electron chi connectivity index (χ3n) is 4.28. The molecular weight excluding hydrogens is 321 g/mol. The van der Waals surface area contributed by atoms with Gasteiger partial charge in [0.2, 0.25) is 0 Å². The maximum Gasteiger partial charge on any atom is 0.272 e. The summed E-state index contributed by atoms with van der Waals surface area (Å²) in [6.45, 7) is 1.34. The Labute approximate surface area is 144 Å². The Balaban J connectivity index is 1.55. The number of pyridine rings is 2. The molecule has 1 aliphatic rings. The van der Waals surface area contributed by atoms with Crippen LogP contribution in [0.1, 0.15) is 22.2 Å². The first-order chi connectivity index (χ1) is 12.2. The van der Waals surface area contributed by atoms with Crippen molar-refractivity contribution in [1.29, 1.82) is 0 Å². The summed E-state index contributed by atoms with van der Waals surface area (Å²) in [7, 11) is 0. The molecule has 6 heteroatoms. The maximum atomic E-state index is 13.1. The van der Waals surface area contributed by atoms with Gasteiger partial charge in [-0.15, -0.1) is 0 Å². The van der Waals surface area contributed by atoms with Gasteiger partial charge in [-0.05, 0) is 42.0 Å². The summed E-state index contributed by atoms with van der Waals surface area (Å²) in [5.41, 5.74) is 1.77. The molecule has 1 saturated heterocycles. The Morgan fingerprint density at radius 1 is 1.16 bits per heavy atom. The summed E-state index contributed by atoms with van der Waals surface area (Å²) >= 11 is 0. The lowest BCUT2D eigenvalue weighted by Gasteiger charge is -2.33. The number of aromatic nitrogens is 2. The minimum absolute atomic E-state index is 0.150. The molecule has 0 radical (unpaired) electrons. The van der Waals surface area contributed by atoms with Gasteiger partial charge >= 0.3 is 0 Å². The number of nitrogens with zero attached hydrogens (tertiary/aromatic N) is 3. The van der Waals surface area contributed by atoms with Crippen molar-refractivity contribution in [3.8, 4) is 0 Å². The van der Waals surface area contributed by atoms with E-state index < -0.39 is 0 Å². The van der Waals surface area contributed by atoms with Crippen molar-refractivity contribution >= 4 is 16.9 Å². The van der Waals surface area contributed by atoms with Crippen LogP contribution in [0, 0.1) is 5.82 Å². The first-order valence-corrected chi connectivity index (χ1v) is 8.09. The van der Waals surface area contributed by atoms with Gasteiger partial charge in [0.25, 0.3) is 5.91 Å². The fourth-order valence-electron chi connectivity index (χ4n) is 2.95. The van der Waals surface area contributed by atoms with Crippen LogP contribution in [0.25, 0.3) is 11.0 Å². The van der Waals surface area contributed by atoms with Gasteiger partial charge in [0.15, 0.2) is 5.65 Å². The van der Waals surface area contributed by atoms with E-state index in [9.17, 15) is 9.18 Å². The van der Waals surface area contributed by atoms with Crippen LogP contribution >= 0.6 is 0 Å². The van der Waals surface area contributed by atoms with Crippen LogP contribution in [0.2, 0.25) is 0 Å². The van der Waals surface area contributed by atoms with Crippen molar-refractivity contribution in [2.75, 3.05) is 19.7 Å². The second-order valence-corrected chi connectivity index (χ2v) is 5.91. The van der Waals surface area contributed by atoms with Crippen LogP contribution in [0.5, 0.6) is 0 Å². The predicted octanol–water partition coefficient (Wildman–Crippen LogP) is 2.98. The lowest BCUT2D eigenvalue weighted by molar-refractivity contribution is -0.0230. The number of halogens is 1. The van der Waals surface area contributed by atoms with E-state index >= 15 is 0 Å². The SMILES string of the molecule is O=C(c1ccc2cccnc2n1)N1CCO[C@@H](c2ccc(F)cc2)C1. The lowest BCUT2D eigenvalue weighted by atomic mass is 10.1. The van der Waals surface area contributed by atoms with Crippen molar-refractivity contribution in [3.05, 3.63) is 71.8 Å². The number of carbonyl (C=O) groups excluding carboxylic acids is 1. The average molecular weight is 337 g/mol.